The number of hydrogen-bond acceptors (Lipinski definition) is 5. The van der Waals surface area contributed by atoms with Crippen LogP contribution in [-0.2, 0) is 5.92 Å². The molecule has 0 aliphatic carbocycles. The quantitative estimate of drug-likeness (QED) is 0.323. The monoisotopic (exact) mass is 625 g/mol. The second kappa shape index (κ2) is 13.4. The van der Waals surface area contributed by atoms with Crippen LogP contribution in [0.1, 0.15) is 87.4 Å². The Balaban J connectivity index is 1.37. The zero-order valence-electron chi connectivity index (χ0n) is 26.0. The first-order valence-electron chi connectivity index (χ1n) is 16.4. The van der Waals surface area contributed by atoms with Gasteiger partial charge in [0.1, 0.15) is 23.8 Å². The predicted molar refractivity (Wildman–Crippen MR) is 178 cm³/mol. The van der Waals surface area contributed by atoms with Gasteiger partial charge in [0.2, 0.25) is 0 Å². The summed E-state index contributed by atoms with van der Waals surface area (Å²) in [6, 6.07) is 3.84. The fourth-order valence-electron chi connectivity index (χ4n) is 7.44. The van der Waals surface area contributed by atoms with Gasteiger partial charge in [-0.1, -0.05) is 49.9 Å². The van der Waals surface area contributed by atoms with Crippen molar-refractivity contribution in [3.05, 3.63) is 64.9 Å². The third-order valence-electron chi connectivity index (χ3n) is 10.2. The summed E-state index contributed by atoms with van der Waals surface area (Å²) in [4.78, 5) is 13.9. The maximum Gasteiger partial charge on any atom is 0.278 e. The summed E-state index contributed by atoms with van der Waals surface area (Å²) in [6.45, 7) is 9.41. The molecule has 6 heterocycles. The molecule has 2 saturated heterocycles. The number of nitrogens with zero attached hydrogens (tertiary/aromatic N) is 4. The van der Waals surface area contributed by atoms with Gasteiger partial charge < -0.3 is 15.1 Å². The highest BCUT2D eigenvalue weighted by molar-refractivity contribution is 8.14. The average molecular weight is 626 g/mol. The number of halogens is 3. The van der Waals surface area contributed by atoms with Gasteiger partial charge in [-0.3, -0.25) is 0 Å². The Kier molecular flexibility index (Phi) is 9.53. The first-order chi connectivity index (χ1) is 21.2. The minimum absolute atomic E-state index is 0.217. The largest absolute Gasteiger partial charge is 0.363 e. The summed E-state index contributed by atoms with van der Waals surface area (Å²) < 4.78 is 47.8. The van der Waals surface area contributed by atoms with Crippen molar-refractivity contribution in [2.24, 2.45) is 11.8 Å². The van der Waals surface area contributed by atoms with Crippen molar-refractivity contribution in [2.45, 2.75) is 76.7 Å². The molecule has 0 saturated carbocycles. The fourth-order valence-corrected chi connectivity index (χ4v) is 8.88. The smallest absolute Gasteiger partial charge is 0.278 e. The molecule has 1 aromatic heterocycles. The van der Waals surface area contributed by atoms with E-state index in [1.54, 1.807) is 12.1 Å². The molecule has 5 nitrogen and oxygen atoms in total. The number of benzene rings is 1. The minimum Gasteiger partial charge on any atom is -0.363 e. The van der Waals surface area contributed by atoms with Gasteiger partial charge >= 0.3 is 0 Å². The van der Waals surface area contributed by atoms with Crippen LogP contribution in [-0.4, -0.2) is 58.4 Å². The standard InChI is InChI=1S/C35H46F3N5S/c1-24-28-10-9-11-31(32(28)36)35(37,38)27-12-18-42(19-13-27)16-7-5-4-6-8-17-43-25(2)29(26-14-20-44(3)21-15-26)22-30-33(41-24)39-23-40-34(30)43/h9-11,22-24,26-27H,2-8,12-21H2,1H3,(H,39,40,41)/t24-,26?,44?/m1/s1. The number of fused-ring (bicyclic) bond motifs is 9. The number of nitrogens with one attached hydrogen (secondary N) is 1. The summed E-state index contributed by atoms with van der Waals surface area (Å²) >= 11 is 0. The molecule has 2 fully saturated rings. The topological polar surface area (TPSA) is 44.3 Å². The molecule has 0 radical (unpaired) electrons. The number of piperidine rings is 1. The van der Waals surface area contributed by atoms with Crippen molar-refractivity contribution in [3.63, 3.8) is 0 Å². The summed E-state index contributed by atoms with van der Waals surface area (Å²) in [5, 5.41) is 3.39. The number of allylic oxidation sites excluding steroid dienone is 1. The van der Waals surface area contributed by atoms with Crippen LogP contribution in [0.3, 0.4) is 0 Å². The van der Waals surface area contributed by atoms with Gasteiger partial charge in [-0.15, -0.1) is 0 Å². The lowest BCUT2D eigenvalue weighted by molar-refractivity contribution is -0.0880. The Labute approximate surface area is 263 Å². The first kappa shape index (κ1) is 31.3. The lowest BCUT2D eigenvalue weighted by Gasteiger charge is -2.37. The van der Waals surface area contributed by atoms with E-state index in [-0.39, 0.29) is 16.0 Å². The maximum absolute atomic E-state index is 16.0. The molecule has 0 amide bonds. The van der Waals surface area contributed by atoms with Crippen LogP contribution in [0, 0.1) is 17.7 Å². The molecule has 0 unspecified atom stereocenters. The Hall–Kier alpha value is -2.65. The Morgan fingerprint density at radius 2 is 1.66 bits per heavy atom. The van der Waals surface area contributed by atoms with Gasteiger partial charge in [0.15, 0.2) is 0 Å². The molecule has 9 heteroatoms. The van der Waals surface area contributed by atoms with Crippen LogP contribution in [0.5, 0.6) is 0 Å². The van der Waals surface area contributed by atoms with Gasteiger partial charge in [-0.25, -0.2) is 23.1 Å². The first-order valence-corrected chi connectivity index (χ1v) is 18.1. The van der Waals surface area contributed by atoms with E-state index in [9.17, 15) is 0 Å². The second-order valence-corrected chi connectivity index (χ2v) is 15.1. The number of alkyl halides is 2. The van der Waals surface area contributed by atoms with E-state index in [1.165, 1.54) is 18.0 Å². The van der Waals surface area contributed by atoms with Gasteiger partial charge in [0.05, 0.1) is 17.2 Å². The van der Waals surface area contributed by atoms with Gasteiger partial charge in [-0.2, -0.15) is 10.5 Å². The highest BCUT2D eigenvalue weighted by Crippen LogP contribution is 2.45. The van der Waals surface area contributed by atoms with E-state index in [2.05, 4.69) is 38.6 Å². The Morgan fingerprint density at radius 1 is 0.955 bits per heavy atom. The number of anilines is 2. The van der Waals surface area contributed by atoms with E-state index in [4.69, 9.17) is 4.98 Å². The van der Waals surface area contributed by atoms with E-state index < -0.39 is 29.3 Å². The van der Waals surface area contributed by atoms with Gasteiger partial charge in [-0.05, 0) is 94.2 Å². The molecular weight excluding hydrogens is 579 g/mol. The number of rotatable bonds is 1. The molecule has 1 aromatic carbocycles. The molecule has 8 bridgehead atoms. The summed E-state index contributed by atoms with van der Waals surface area (Å²) in [6.07, 6.45) is 12.1. The SMILES string of the molecule is C=C1C(C2CCS(=C)CC2)=Cc2c3ncnc2N1CCCCCCCN1CCC(CC1)C(F)(F)c1cccc(c1F)[C@@H](C)N3. The van der Waals surface area contributed by atoms with Crippen molar-refractivity contribution in [3.8, 4) is 0 Å². The molecule has 1 N–H and O–H groups in total. The van der Waals surface area contributed by atoms with Gasteiger partial charge in [0.25, 0.3) is 5.92 Å². The van der Waals surface area contributed by atoms with Crippen LogP contribution in [0.4, 0.5) is 24.8 Å². The van der Waals surface area contributed by atoms with Crippen molar-refractivity contribution in [2.75, 3.05) is 47.9 Å². The third-order valence-corrected chi connectivity index (χ3v) is 11.8. The predicted octanol–water partition coefficient (Wildman–Crippen LogP) is 8.38. The van der Waals surface area contributed by atoms with Crippen LogP contribution in [0.2, 0.25) is 0 Å². The van der Waals surface area contributed by atoms with Crippen molar-refractivity contribution < 1.29 is 13.2 Å². The highest BCUT2D eigenvalue weighted by Gasteiger charge is 2.45. The Morgan fingerprint density at radius 3 is 2.41 bits per heavy atom. The van der Waals surface area contributed by atoms with Gasteiger partial charge in [0, 0.05) is 23.7 Å². The average Bonchev–Trinajstić information content (AvgIpc) is 3.01. The van der Waals surface area contributed by atoms with Crippen LogP contribution in [0.15, 0.2) is 42.4 Å². The minimum atomic E-state index is -3.23. The Bertz CT molecular complexity index is 1410. The van der Waals surface area contributed by atoms with Crippen molar-refractivity contribution in [1.82, 2.24) is 14.9 Å². The van der Waals surface area contributed by atoms with E-state index in [0.29, 0.717) is 37.7 Å². The van der Waals surface area contributed by atoms with Crippen LogP contribution >= 0.6 is 10.5 Å². The fraction of sp³-hybridized carbons (Fsp3) is 0.571. The zero-order valence-corrected chi connectivity index (χ0v) is 26.8. The summed E-state index contributed by atoms with van der Waals surface area (Å²) in [5.41, 5.74) is 2.81. The molecule has 2 aromatic rings. The third kappa shape index (κ3) is 6.37. The number of aromatic nitrogens is 2. The lowest BCUT2D eigenvalue weighted by atomic mass is 9.85. The van der Waals surface area contributed by atoms with E-state index >= 15 is 13.2 Å². The molecule has 5 aliphatic heterocycles. The molecular formula is C35H46F3N5S. The molecule has 0 spiro atoms. The van der Waals surface area contributed by atoms with E-state index in [0.717, 1.165) is 86.6 Å². The molecule has 238 valence electrons. The van der Waals surface area contributed by atoms with E-state index in [1.807, 2.05) is 6.92 Å². The maximum atomic E-state index is 16.0. The van der Waals surface area contributed by atoms with Crippen molar-refractivity contribution >= 4 is 34.1 Å². The molecule has 7 rings (SSSR count). The molecule has 1 atom stereocenters. The zero-order chi connectivity index (χ0) is 30.8. The summed E-state index contributed by atoms with van der Waals surface area (Å²) in [7, 11) is 0.218. The second-order valence-electron chi connectivity index (χ2n) is 13.0. The lowest BCUT2D eigenvalue weighted by Crippen LogP contribution is -2.40. The highest BCUT2D eigenvalue weighted by atomic mass is 32.2. The van der Waals surface area contributed by atoms with Crippen molar-refractivity contribution in [1.29, 1.82) is 0 Å². The molecule has 44 heavy (non-hydrogen) atoms. The van der Waals surface area contributed by atoms with Crippen LogP contribution < -0.4 is 10.2 Å². The molecule has 5 aliphatic rings. The number of hydrogen-bond donors (Lipinski definition) is 1. The van der Waals surface area contributed by atoms with Crippen LogP contribution in [0.25, 0.3) is 6.08 Å². The summed E-state index contributed by atoms with van der Waals surface area (Å²) in [5.74, 6) is 3.40. The normalized spacial score (nSPS) is 29.7.